The highest BCUT2D eigenvalue weighted by Gasteiger charge is 2.17. The number of benzene rings is 2. The number of aryl methyl sites for hydroxylation is 3. The summed E-state index contributed by atoms with van der Waals surface area (Å²) in [6, 6.07) is 13.1. The summed E-state index contributed by atoms with van der Waals surface area (Å²) in [5, 5.41) is 0. The Kier molecular flexibility index (Phi) is 6.50. The van der Waals surface area contributed by atoms with E-state index in [1.807, 2.05) is 0 Å². The molecule has 1 heterocycles. The van der Waals surface area contributed by atoms with Crippen molar-refractivity contribution in [1.29, 1.82) is 0 Å². The molecule has 0 aromatic heterocycles. The van der Waals surface area contributed by atoms with Crippen LogP contribution in [0.5, 0.6) is 0 Å². The fraction of sp³-hybridized carbons (Fsp3) is 0.400. The summed E-state index contributed by atoms with van der Waals surface area (Å²) in [5.41, 5.74) is 5.13. The van der Waals surface area contributed by atoms with Gasteiger partial charge < -0.3 is 9.47 Å². The first-order valence-corrected chi connectivity index (χ1v) is 9.98. The highest BCUT2D eigenvalue weighted by molar-refractivity contribution is 9.11. The maximum Gasteiger partial charge on any atom is 0.184 e. The lowest BCUT2D eigenvalue weighted by Crippen LogP contribution is -1.98. The summed E-state index contributed by atoms with van der Waals surface area (Å²) in [4.78, 5) is 0. The SMILES string of the molecule is Cc1cc(Br)c(CCCCc2ccc(C3OCCO3)cc2)cc1Br. The van der Waals surface area contributed by atoms with Gasteiger partial charge in [-0.1, -0.05) is 56.1 Å². The predicted octanol–water partition coefficient (Wildman–Crippen LogP) is 6.13. The lowest BCUT2D eigenvalue weighted by Gasteiger charge is -2.10. The van der Waals surface area contributed by atoms with Crippen LogP contribution in [0.15, 0.2) is 45.3 Å². The summed E-state index contributed by atoms with van der Waals surface area (Å²) in [6.07, 6.45) is 4.41. The van der Waals surface area contributed by atoms with Gasteiger partial charge in [0.25, 0.3) is 0 Å². The molecule has 0 amide bonds. The van der Waals surface area contributed by atoms with Crippen LogP contribution >= 0.6 is 31.9 Å². The van der Waals surface area contributed by atoms with Crippen molar-refractivity contribution in [3.63, 3.8) is 0 Å². The van der Waals surface area contributed by atoms with Crippen LogP contribution in [0.4, 0.5) is 0 Å². The Morgan fingerprint density at radius 3 is 2.29 bits per heavy atom. The van der Waals surface area contributed by atoms with E-state index >= 15 is 0 Å². The molecule has 0 spiro atoms. The first kappa shape index (κ1) is 18.1. The first-order valence-electron chi connectivity index (χ1n) is 8.40. The largest absolute Gasteiger partial charge is 0.346 e. The van der Waals surface area contributed by atoms with Crippen molar-refractivity contribution in [1.82, 2.24) is 0 Å². The van der Waals surface area contributed by atoms with Crippen molar-refractivity contribution in [2.45, 2.75) is 38.9 Å². The van der Waals surface area contributed by atoms with Crippen LogP contribution in [-0.4, -0.2) is 13.2 Å². The Labute approximate surface area is 160 Å². The van der Waals surface area contributed by atoms with Gasteiger partial charge in [-0.3, -0.25) is 0 Å². The van der Waals surface area contributed by atoms with Gasteiger partial charge in [0.15, 0.2) is 6.29 Å². The zero-order valence-electron chi connectivity index (χ0n) is 13.9. The number of ether oxygens (including phenoxy) is 2. The van der Waals surface area contributed by atoms with Crippen LogP contribution in [-0.2, 0) is 22.3 Å². The van der Waals surface area contributed by atoms with E-state index in [-0.39, 0.29) is 6.29 Å². The molecular weight excluding hydrogens is 432 g/mol. The maximum absolute atomic E-state index is 5.53. The van der Waals surface area contributed by atoms with E-state index < -0.39 is 0 Å². The predicted molar refractivity (Wildman–Crippen MR) is 104 cm³/mol. The third-order valence-corrected chi connectivity index (χ3v) is 5.96. The summed E-state index contributed by atoms with van der Waals surface area (Å²) in [7, 11) is 0. The van der Waals surface area contributed by atoms with Crippen LogP contribution in [0.25, 0.3) is 0 Å². The molecule has 2 aromatic carbocycles. The van der Waals surface area contributed by atoms with Gasteiger partial charge >= 0.3 is 0 Å². The van der Waals surface area contributed by atoms with E-state index in [9.17, 15) is 0 Å². The molecule has 1 aliphatic heterocycles. The molecule has 3 rings (SSSR count). The molecule has 24 heavy (non-hydrogen) atoms. The molecular formula is C20H22Br2O2. The van der Waals surface area contributed by atoms with Gasteiger partial charge in [0.1, 0.15) is 0 Å². The van der Waals surface area contributed by atoms with Crippen LogP contribution in [0.3, 0.4) is 0 Å². The molecule has 4 heteroatoms. The standard InChI is InChI=1S/C20H22Br2O2/c1-14-12-19(22)17(13-18(14)21)5-3-2-4-15-6-8-16(9-7-15)20-23-10-11-24-20/h6-9,12-13,20H,2-5,10-11H2,1H3. The highest BCUT2D eigenvalue weighted by atomic mass is 79.9. The fourth-order valence-corrected chi connectivity index (χ4v) is 3.96. The number of hydrogen-bond donors (Lipinski definition) is 0. The van der Waals surface area contributed by atoms with E-state index in [4.69, 9.17) is 9.47 Å². The van der Waals surface area contributed by atoms with Crippen molar-refractivity contribution in [2.24, 2.45) is 0 Å². The molecule has 0 N–H and O–H groups in total. The summed E-state index contributed by atoms with van der Waals surface area (Å²) in [5.74, 6) is 0. The topological polar surface area (TPSA) is 18.5 Å². The number of hydrogen-bond acceptors (Lipinski definition) is 2. The molecule has 1 fully saturated rings. The van der Waals surface area contributed by atoms with Crippen LogP contribution in [0.1, 0.15) is 41.4 Å². The van der Waals surface area contributed by atoms with Gasteiger partial charge in [0, 0.05) is 14.5 Å². The fourth-order valence-electron chi connectivity index (χ4n) is 2.92. The molecule has 0 radical (unpaired) electrons. The minimum atomic E-state index is -0.170. The minimum Gasteiger partial charge on any atom is -0.346 e. The monoisotopic (exact) mass is 452 g/mol. The van der Waals surface area contributed by atoms with E-state index in [0.717, 1.165) is 18.4 Å². The number of halogens is 2. The smallest absolute Gasteiger partial charge is 0.184 e. The molecule has 2 nitrogen and oxygen atoms in total. The molecule has 1 saturated heterocycles. The Bertz CT molecular complexity index is 677. The van der Waals surface area contributed by atoms with Gasteiger partial charge in [-0.25, -0.2) is 0 Å². The van der Waals surface area contributed by atoms with E-state index in [0.29, 0.717) is 13.2 Å². The average molecular weight is 454 g/mol. The molecule has 0 atom stereocenters. The Balaban J connectivity index is 1.47. The normalized spacial score (nSPS) is 15.1. The second-order valence-electron chi connectivity index (χ2n) is 6.21. The molecule has 128 valence electrons. The number of rotatable bonds is 6. The van der Waals surface area contributed by atoms with Crippen molar-refractivity contribution in [2.75, 3.05) is 13.2 Å². The van der Waals surface area contributed by atoms with Crippen LogP contribution in [0.2, 0.25) is 0 Å². The third-order valence-electron chi connectivity index (χ3n) is 4.36. The quantitative estimate of drug-likeness (QED) is 0.489. The molecule has 0 saturated carbocycles. The van der Waals surface area contributed by atoms with E-state index in [1.165, 1.54) is 38.5 Å². The first-order chi connectivity index (χ1) is 11.6. The van der Waals surface area contributed by atoms with Crippen molar-refractivity contribution >= 4 is 31.9 Å². The van der Waals surface area contributed by atoms with Crippen LogP contribution < -0.4 is 0 Å². The second kappa shape index (κ2) is 8.61. The summed E-state index contributed by atoms with van der Waals surface area (Å²) >= 11 is 7.29. The minimum absolute atomic E-state index is 0.170. The van der Waals surface area contributed by atoms with Crippen LogP contribution in [0, 0.1) is 6.92 Å². The Morgan fingerprint density at radius 1 is 0.917 bits per heavy atom. The molecule has 1 aliphatic rings. The third kappa shape index (κ3) is 4.69. The number of unbranched alkanes of at least 4 members (excludes halogenated alkanes) is 1. The molecule has 0 aliphatic carbocycles. The van der Waals surface area contributed by atoms with Gasteiger partial charge in [0.2, 0.25) is 0 Å². The van der Waals surface area contributed by atoms with Crippen molar-refractivity contribution < 1.29 is 9.47 Å². The van der Waals surface area contributed by atoms with Gasteiger partial charge in [-0.2, -0.15) is 0 Å². The Morgan fingerprint density at radius 2 is 1.58 bits per heavy atom. The second-order valence-corrected chi connectivity index (χ2v) is 7.92. The lowest BCUT2D eigenvalue weighted by atomic mass is 10.0. The molecule has 0 bridgehead atoms. The van der Waals surface area contributed by atoms with E-state index in [2.05, 4.69) is 75.2 Å². The maximum atomic E-state index is 5.53. The van der Waals surface area contributed by atoms with Gasteiger partial charge in [-0.05, 0) is 61.4 Å². The summed E-state index contributed by atoms with van der Waals surface area (Å²) in [6.45, 7) is 3.50. The van der Waals surface area contributed by atoms with Gasteiger partial charge in [-0.15, -0.1) is 0 Å². The van der Waals surface area contributed by atoms with Crippen molar-refractivity contribution in [3.8, 4) is 0 Å². The highest BCUT2D eigenvalue weighted by Crippen LogP contribution is 2.27. The average Bonchev–Trinajstić information content (AvgIpc) is 3.11. The van der Waals surface area contributed by atoms with E-state index in [1.54, 1.807) is 0 Å². The molecule has 0 unspecified atom stereocenters. The lowest BCUT2D eigenvalue weighted by molar-refractivity contribution is -0.0441. The van der Waals surface area contributed by atoms with Crippen molar-refractivity contribution in [3.05, 3.63) is 67.6 Å². The van der Waals surface area contributed by atoms with Gasteiger partial charge in [0.05, 0.1) is 13.2 Å². The Hall–Kier alpha value is -0.680. The summed E-state index contributed by atoms with van der Waals surface area (Å²) < 4.78 is 13.4. The zero-order valence-corrected chi connectivity index (χ0v) is 17.0. The molecule has 2 aromatic rings. The zero-order chi connectivity index (χ0) is 16.9.